The van der Waals surface area contributed by atoms with Crippen LogP contribution >= 0.6 is 0 Å². The predicted octanol–water partition coefficient (Wildman–Crippen LogP) is 3.96. The number of fused-ring (bicyclic) bond motifs is 1. The van der Waals surface area contributed by atoms with Gasteiger partial charge in [0.2, 0.25) is 23.7 Å². The van der Waals surface area contributed by atoms with Crippen LogP contribution in [0, 0.1) is 5.92 Å². The molecule has 3 atom stereocenters. The summed E-state index contributed by atoms with van der Waals surface area (Å²) in [6.45, 7) is 0.259. The Kier molecular flexibility index (Phi) is 6.59. The van der Waals surface area contributed by atoms with Gasteiger partial charge in [-0.05, 0) is 55.2 Å². The predicted molar refractivity (Wildman–Crippen MR) is 123 cm³/mol. The van der Waals surface area contributed by atoms with Gasteiger partial charge in [-0.2, -0.15) is 0 Å². The van der Waals surface area contributed by atoms with Crippen molar-refractivity contribution < 1.29 is 31.9 Å². The summed E-state index contributed by atoms with van der Waals surface area (Å²) < 4.78 is 55.7. The minimum atomic E-state index is -2.78. The first-order chi connectivity index (χ1) is 17.0. The molecule has 2 aliphatic carbocycles. The van der Waals surface area contributed by atoms with Gasteiger partial charge in [-0.15, -0.1) is 0 Å². The van der Waals surface area contributed by atoms with Gasteiger partial charge in [0, 0.05) is 56.3 Å². The average Bonchev–Trinajstić information content (AvgIpc) is 3.12. The Balaban J connectivity index is 1.27. The van der Waals surface area contributed by atoms with Crippen molar-refractivity contribution in [1.29, 1.82) is 0 Å². The van der Waals surface area contributed by atoms with E-state index in [9.17, 15) is 31.9 Å². The molecule has 5 rings (SSSR count). The molecule has 0 spiro atoms. The minimum absolute atomic E-state index is 0.0755. The lowest BCUT2D eigenvalue weighted by molar-refractivity contribution is -0.136. The van der Waals surface area contributed by atoms with Crippen LogP contribution in [0.5, 0.6) is 0 Å². The lowest BCUT2D eigenvalue weighted by Gasteiger charge is -2.40. The highest BCUT2D eigenvalue weighted by molar-refractivity contribution is 6.05. The van der Waals surface area contributed by atoms with Crippen LogP contribution in [-0.4, -0.2) is 52.6 Å². The average molecular weight is 510 g/mol. The topological polar surface area (TPSA) is 78.5 Å². The number of piperidine rings is 1. The fraction of sp³-hybridized carbons (Fsp3) is 0.654. The van der Waals surface area contributed by atoms with E-state index in [2.05, 4.69) is 10.6 Å². The second-order valence-electron chi connectivity index (χ2n) is 10.9. The molecule has 2 aliphatic heterocycles. The molecule has 10 heteroatoms. The zero-order valence-electron chi connectivity index (χ0n) is 20.0. The third-order valence-corrected chi connectivity index (χ3v) is 8.22. The van der Waals surface area contributed by atoms with Crippen molar-refractivity contribution in [3.05, 3.63) is 34.9 Å². The Labute approximate surface area is 207 Å². The maximum atomic E-state index is 14.3. The first-order valence-electron chi connectivity index (χ1n) is 12.8. The number of nitrogens with one attached hydrogen (secondary N) is 2. The van der Waals surface area contributed by atoms with Gasteiger partial charge < -0.3 is 10.2 Å². The fourth-order valence-electron chi connectivity index (χ4n) is 6.19. The molecule has 1 aromatic carbocycles. The second kappa shape index (κ2) is 9.43. The third kappa shape index (κ3) is 5.28. The summed E-state index contributed by atoms with van der Waals surface area (Å²) in [7, 11) is 0. The number of hydrogen-bond acceptors (Lipinski definition) is 4. The van der Waals surface area contributed by atoms with Crippen LogP contribution < -0.4 is 10.6 Å². The molecule has 2 saturated carbocycles. The Hall–Kier alpha value is -2.49. The molecule has 0 bridgehead atoms. The van der Waals surface area contributed by atoms with Crippen LogP contribution in [-0.2, 0) is 22.6 Å². The van der Waals surface area contributed by atoms with E-state index in [0.717, 1.165) is 11.1 Å². The summed E-state index contributed by atoms with van der Waals surface area (Å²) >= 11 is 0. The molecule has 1 aromatic rings. The van der Waals surface area contributed by atoms with Gasteiger partial charge in [-0.3, -0.25) is 19.7 Å². The van der Waals surface area contributed by atoms with Crippen molar-refractivity contribution in [3.63, 3.8) is 0 Å². The minimum Gasteiger partial charge on any atom is -0.322 e. The number of halogens is 4. The fourth-order valence-corrected chi connectivity index (χ4v) is 6.19. The molecule has 3 amide bonds. The summed E-state index contributed by atoms with van der Waals surface area (Å²) in [5, 5.41) is 5.58. The van der Waals surface area contributed by atoms with E-state index in [0.29, 0.717) is 18.4 Å². The van der Waals surface area contributed by atoms with E-state index in [1.807, 2.05) is 12.1 Å². The van der Waals surface area contributed by atoms with Crippen LogP contribution in [0.4, 0.5) is 17.6 Å². The van der Waals surface area contributed by atoms with Crippen LogP contribution in [0.25, 0.3) is 0 Å². The zero-order chi connectivity index (χ0) is 25.7. The van der Waals surface area contributed by atoms with E-state index in [1.54, 1.807) is 6.07 Å². The summed E-state index contributed by atoms with van der Waals surface area (Å²) in [5.41, 5.74) is 2.21. The van der Waals surface area contributed by atoms with Crippen molar-refractivity contribution in [3.8, 4) is 0 Å². The number of imide groups is 1. The highest BCUT2D eigenvalue weighted by Crippen LogP contribution is 2.40. The van der Waals surface area contributed by atoms with Gasteiger partial charge in [-0.1, -0.05) is 12.1 Å². The number of amides is 3. The van der Waals surface area contributed by atoms with Crippen molar-refractivity contribution in [1.82, 2.24) is 15.5 Å². The maximum Gasteiger partial charge on any atom is 0.255 e. The number of hydrogen-bond donors (Lipinski definition) is 2. The highest BCUT2D eigenvalue weighted by Gasteiger charge is 2.44. The second-order valence-corrected chi connectivity index (χ2v) is 10.9. The quantitative estimate of drug-likeness (QED) is 0.465. The monoisotopic (exact) mass is 509 g/mol. The van der Waals surface area contributed by atoms with Crippen LogP contribution in [0.15, 0.2) is 18.2 Å². The van der Waals surface area contributed by atoms with Crippen LogP contribution in [0.3, 0.4) is 0 Å². The summed E-state index contributed by atoms with van der Waals surface area (Å²) in [6, 6.07) is 4.11. The lowest BCUT2D eigenvalue weighted by Crippen LogP contribution is -2.52. The Morgan fingerprint density at radius 3 is 2.42 bits per heavy atom. The van der Waals surface area contributed by atoms with Gasteiger partial charge in [0.15, 0.2) is 0 Å². The molecule has 1 saturated heterocycles. The van der Waals surface area contributed by atoms with E-state index < -0.39 is 29.8 Å². The van der Waals surface area contributed by atoms with Crippen LogP contribution in [0.1, 0.15) is 79.3 Å². The van der Waals surface area contributed by atoms with Gasteiger partial charge in [0.1, 0.15) is 6.04 Å². The normalized spacial score (nSPS) is 30.3. The largest absolute Gasteiger partial charge is 0.322 e. The van der Waals surface area contributed by atoms with E-state index in [1.165, 1.54) is 4.90 Å². The molecule has 0 aromatic heterocycles. The smallest absolute Gasteiger partial charge is 0.255 e. The molecule has 3 fully saturated rings. The summed E-state index contributed by atoms with van der Waals surface area (Å²) in [5.74, 6) is -6.58. The molecule has 6 nitrogen and oxygen atoms in total. The first-order valence-corrected chi connectivity index (χ1v) is 12.8. The summed E-state index contributed by atoms with van der Waals surface area (Å²) in [4.78, 5) is 38.2. The lowest BCUT2D eigenvalue weighted by atomic mass is 9.77. The number of alkyl halides is 4. The number of carbonyl (C=O) groups excluding carboxylic acids is 3. The van der Waals surface area contributed by atoms with Crippen molar-refractivity contribution >= 4 is 17.7 Å². The number of carbonyl (C=O) groups is 3. The van der Waals surface area contributed by atoms with Gasteiger partial charge >= 0.3 is 0 Å². The van der Waals surface area contributed by atoms with Crippen molar-refractivity contribution in [2.24, 2.45) is 5.92 Å². The third-order valence-electron chi connectivity index (χ3n) is 8.22. The van der Waals surface area contributed by atoms with Crippen molar-refractivity contribution in [2.75, 3.05) is 0 Å². The summed E-state index contributed by atoms with van der Waals surface area (Å²) in [6.07, 6.45) is 0.931. The van der Waals surface area contributed by atoms with Gasteiger partial charge in [0.05, 0.1) is 0 Å². The zero-order valence-corrected chi connectivity index (χ0v) is 20.0. The molecule has 2 N–H and O–H groups in total. The number of benzene rings is 1. The van der Waals surface area contributed by atoms with E-state index in [-0.39, 0.29) is 81.7 Å². The molecule has 196 valence electrons. The molecule has 2 heterocycles. The molecular weight excluding hydrogens is 478 g/mol. The number of rotatable bonds is 5. The number of nitrogens with zero attached hydrogens (tertiary/aromatic N) is 1. The standard InChI is InChI=1S/C26H31F4N3O3/c27-25(28)9-6-18(7-10-25)31-20-13-26(29,30)8-5-16(20)11-15-1-2-19-17(12-15)14-33(24(19)36)21-3-4-22(34)32-23(21)35/h1-2,12,16,18,20-21,31H,3-11,13-14H2,(H,32,34,35)/t16-,20+,21?/m1/s1. The first kappa shape index (κ1) is 25.2. The van der Waals surface area contributed by atoms with Gasteiger partial charge in [-0.25, -0.2) is 17.6 Å². The molecule has 4 aliphatic rings. The Bertz CT molecular complexity index is 1050. The SMILES string of the molecule is O=C1CCC(N2Cc3cc(C[C@H]4CCC(F)(F)C[C@@H]4NC4CCC(F)(F)CC4)ccc3C2=O)C(=O)N1. The molecular formula is C26H31F4N3O3. The van der Waals surface area contributed by atoms with E-state index in [4.69, 9.17) is 0 Å². The Morgan fingerprint density at radius 2 is 1.69 bits per heavy atom. The highest BCUT2D eigenvalue weighted by atomic mass is 19.3. The Morgan fingerprint density at radius 1 is 0.972 bits per heavy atom. The molecule has 0 radical (unpaired) electrons. The van der Waals surface area contributed by atoms with Crippen molar-refractivity contribution in [2.45, 2.75) is 101 Å². The van der Waals surface area contributed by atoms with Gasteiger partial charge in [0.25, 0.3) is 5.91 Å². The molecule has 1 unspecified atom stereocenters. The maximum absolute atomic E-state index is 14.3. The van der Waals surface area contributed by atoms with E-state index >= 15 is 0 Å². The van der Waals surface area contributed by atoms with Crippen LogP contribution in [0.2, 0.25) is 0 Å². The molecule has 36 heavy (non-hydrogen) atoms.